The SMILES string of the molecule is CCC(CSC)NC(=O)N(C)CC1CCCCC1O. The van der Waals surface area contributed by atoms with E-state index in [4.69, 9.17) is 0 Å². The molecule has 0 aromatic carbocycles. The zero-order valence-corrected chi connectivity index (χ0v) is 13.2. The minimum absolute atomic E-state index is 0.0151. The summed E-state index contributed by atoms with van der Waals surface area (Å²) in [4.78, 5) is 13.8. The van der Waals surface area contributed by atoms with Crippen LogP contribution in [0.2, 0.25) is 0 Å². The van der Waals surface area contributed by atoms with E-state index >= 15 is 0 Å². The summed E-state index contributed by atoms with van der Waals surface area (Å²) in [5.41, 5.74) is 0. The lowest BCUT2D eigenvalue weighted by atomic mass is 9.86. The lowest BCUT2D eigenvalue weighted by Gasteiger charge is -2.32. The fraction of sp³-hybridized carbons (Fsp3) is 0.929. The van der Waals surface area contributed by atoms with Crippen LogP contribution < -0.4 is 5.32 Å². The fourth-order valence-corrected chi connectivity index (χ4v) is 3.30. The van der Waals surface area contributed by atoms with Crippen LogP contribution in [0.4, 0.5) is 4.79 Å². The molecule has 0 saturated heterocycles. The van der Waals surface area contributed by atoms with E-state index in [1.54, 1.807) is 16.7 Å². The van der Waals surface area contributed by atoms with Crippen LogP contribution in [-0.2, 0) is 0 Å². The van der Waals surface area contributed by atoms with Gasteiger partial charge in [-0.05, 0) is 25.5 Å². The first-order valence-corrected chi connectivity index (χ1v) is 8.66. The summed E-state index contributed by atoms with van der Waals surface area (Å²) in [5, 5.41) is 13.0. The molecule has 3 atom stereocenters. The molecule has 1 aliphatic rings. The van der Waals surface area contributed by atoms with Gasteiger partial charge in [0.25, 0.3) is 0 Å². The van der Waals surface area contributed by atoms with Gasteiger partial charge in [0.2, 0.25) is 0 Å². The molecule has 0 bridgehead atoms. The number of nitrogens with one attached hydrogen (secondary N) is 1. The number of rotatable bonds is 6. The van der Waals surface area contributed by atoms with E-state index in [1.165, 1.54) is 6.42 Å². The number of urea groups is 1. The molecule has 19 heavy (non-hydrogen) atoms. The van der Waals surface area contributed by atoms with E-state index in [0.29, 0.717) is 6.54 Å². The molecule has 112 valence electrons. The van der Waals surface area contributed by atoms with Crippen molar-refractivity contribution in [1.29, 1.82) is 0 Å². The molecular weight excluding hydrogens is 260 g/mol. The Labute approximate surface area is 121 Å². The largest absolute Gasteiger partial charge is 0.393 e. The number of thioether (sulfide) groups is 1. The van der Waals surface area contributed by atoms with Crippen LogP contribution in [0.5, 0.6) is 0 Å². The molecule has 1 aliphatic carbocycles. The van der Waals surface area contributed by atoms with Crippen molar-refractivity contribution < 1.29 is 9.90 Å². The zero-order chi connectivity index (χ0) is 14.3. The molecule has 3 unspecified atom stereocenters. The summed E-state index contributed by atoms with van der Waals surface area (Å²) < 4.78 is 0. The van der Waals surface area contributed by atoms with Gasteiger partial charge in [-0.1, -0.05) is 19.8 Å². The molecule has 2 amide bonds. The van der Waals surface area contributed by atoms with Crippen molar-refractivity contribution in [2.24, 2.45) is 5.92 Å². The Kier molecular flexibility index (Phi) is 7.61. The molecule has 2 N–H and O–H groups in total. The van der Waals surface area contributed by atoms with E-state index < -0.39 is 0 Å². The van der Waals surface area contributed by atoms with E-state index in [-0.39, 0.29) is 24.1 Å². The number of hydrogen-bond acceptors (Lipinski definition) is 3. The number of aliphatic hydroxyl groups is 1. The summed E-state index contributed by atoms with van der Waals surface area (Å²) >= 11 is 1.75. The van der Waals surface area contributed by atoms with Gasteiger partial charge < -0.3 is 15.3 Å². The highest BCUT2D eigenvalue weighted by Crippen LogP contribution is 2.24. The number of carbonyl (C=O) groups is 1. The van der Waals surface area contributed by atoms with Crippen LogP contribution in [0.15, 0.2) is 0 Å². The van der Waals surface area contributed by atoms with Crippen LogP contribution >= 0.6 is 11.8 Å². The van der Waals surface area contributed by atoms with Gasteiger partial charge in [-0.2, -0.15) is 11.8 Å². The van der Waals surface area contributed by atoms with Crippen molar-refractivity contribution in [1.82, 2.24) is 10.2 Å². The molecule has 0 aromatic heterocycles. The van der Waals surface area contributed by atoms with Crippen LogP contribution in [0.25, 0.3) is 0 Å². The summed E-state index contributed by atoms with van der Waals surface area (Å²) in [7, 11) is 1.82. The molecule has 0 aliphatic heterocycles. The number of nitrogens with zero attached hydrogens (tertiary/aromatic N) is 1. The predicted molar refractivity (Wildman–Crippen MR) is 81.6 cm³/mol. The average molecular weight is 288 g/mol. The Morgan fingerprint density at radius 2 is 2.16 bits per heavy atom. The predicted octanol–water partition coefficient (Wildman–Crippen LogP) is 2.32. The molecule has 0 radical (unpaired) electrons. The standard InChI is InChI=1S/C14H28N2O2S/c1-4-12(10-19-3)15-14(18)16(2)9-11-7-5-6-8-13(11)17/h11-13,17H,4-10H2,1-3H3,(H,15,18). The van der Waals surface area contributed by atoms with Gasteiger partial charge in [-0.15, -0.1) is 0 Å². The Morgan fingerprint density at radius 3 is 2.74 bits per heavy atom. The van der Waals surface area contributed by atoms with Gasteiger partial charge >= 0.3 is 6.03 Å². The average Bonchev–Trinajstić information content (AvgIpc) is 2.40. The lowest BCUT2D eigenvalue weighted by molar-refractivity contribution is 0.0563. The van der Waals surface area contributed by atoms with Gasteiger partial charge in [0.05, 0.1) is 6.10 Å². The van der Waals surface area contributed by atoms with Crippen LogP contribution in [-0.4, -0.2) is 53.8 Å². The lowest BCUT2D eigenvalue weighted by Crippen LogP contribution is -2.47. The van der Waals surface area contributed by atoms with Crippen LogP contribution in [0.3, 0.4) is 0 Å². The molecule has 5 heteroatoms. The van der Waals surface area contributed by atoms with Gasteiger partial charge in [0.1, 0.15) is 0 Å². The minimum atomic E-state index is -0.239. The maximum atomic E-state index is 12.1. The highest BCUT2D eigenvalue weighted by Gasteiger charge is 2.26. The van der Waals surface area contributed by atoms with Crippen LogP contribution in [0.1, 0.15) is 39.0 Å². The molecule has 1 rings (SSSR count). The van der Waals surface area contributed by atoms with Gasteiger partial charge in [0, 0.05) is 31.3 Å². The number of hydrogen-bond donors (Lipinski definition) is 2. The minimum Gasteiger partial charge on any atom is -0.393 e. The number of amides is 2. The summed E-state index contributed by atoms with van der Waals surface area (Å²) in [6.45, 7) is 2.74. The topological polar surface area (TPSA) is 52.6 Å². The highest BCUT2D eigenvalue weighted by molar-refractivity contribution is 7.98. The van der Waals surface area contributed by atoms with E-state index in [0.717, 1.165) is 31.4 Å². The van der Waals surface area contributed by atoms with E-state index in [9.17, 15) is 9.90 Å². The van der Waals surface area contributed by atoms with Crippen molar-refractivity contribution in [2.45, 2.75) is 51.2 Å². The van der Waals surface area contributed by atoms with Crippen molar-refractivity contribution in [3.8, 4) is 0 Å². The van der Waals surface area contributed by atoms with Gasteiger partial charge in [-0.3, -0.25) is 0 Å². The quantitative estimate of drug-likeness (QED) is 0.788. The van der Waals surface area contributed by atoms with Crippen LogP contribution in [0, 0.1) is 5.92 Å². The van der Waals surface area contributed by atoms with Crippen molar-refractivity contribution in [3.05, 3.63) is 0 Å². The van der Waals surface area contributed by atoms with Crippen molar-refractivity contribution >= 4 is 17.8 Å². The summed E-state index contributed by atoms with van der Waals surface area (Å²) in [6, 6.07) is 0.222. The number of aliphatic hydroxyl groups excluding tert-OH is 1. The van der Waals surface area contributed by atoms with E-state index in [2.05, 4.69) is 18.5 Å². The molecule has 1 saturated carbocycles. The smallest absolute Gasteiger partial charge is 0.317 e. The first kappa shape index (κ1) is 16.6. The second-order valence-corrected chi connectivity index (χ2v) is 6.41. The monoisotopic (exact) mass is 288 g/mol. The highest BCUT2D eigenvalue weighted by atomic mass is 32.2. The first-order valence-electron chi connectivity index (χ1n) is 7.27. The van der Waals surface area contributed by atoms with Gasteiger partial charge in [-0.25, -0.2) is 4.79 Å². The van der Waals surface area contributed by atoms with E-state index in [1.807, 2.05) is 7.05 Å². The Bertz CT molecular complexity index is 276. The third kappa shape index (κ3) is 5.61. The molecule has 1 fully saturated rings. The number of carbonyl (C=O) groups excluding carboxylic acids is 1. The Morgan fingerprint density at radius 1 is 1.47 bits per heavy atom. The zero-order valence-electron chi connectivity index (χ0n) is 12.4. The van der Waals surface area contributed by atoms with Gasteiger partial charge in [0.15, 0.2) is 0 Å². The molecule has 0 spiro atoms. The maximum absolute atomic E-state index is 12.1. The Hall–Kier alpha value is -0.420. The molecule has 4 nitrogen and oxygen atoms in total. The summed E-state index contributed by atoms with van der Waals surface area (Å²) in [5.74, 6) is 1.19. The Balaban J connectivity index is 2.38. The van der Waals surface area contributed by atoms with Crippen molar-refractivity contribution in [2.75, 3.05) is 25.6 Å². The normalized spacial score (nSPS) is 24.8. The first-order chi connectivity index (χ1) is 9.08. The second-order valence-electron chi connectivity index (χ2n) is 5.50. The second kappa shape index (κ2) is 8.69. The molecule has 0 aromatic rings. The fourth-order valence-electron chi connectivity index (χ4n) is 2.58. The summed E-state index contributed by atoms with van der Waals surface area (Å²) in [6.07, 6.45) is 6.95. The van der Waals surface area contributed by atoms with Crippen molar-refractivity contribution in [3.63, 3.8) is 0 Å². The third-order valence-corrected chi connectivity index (χ3v) is 4.65. The molecular formula is C14H28N2O2S. The maximum Gasteiger partial charge on any atom is 0.317 e. The molecule has 0 heterocycles. The third-order valence-electron chi connectivity index (χ3n) is 3.91.